The van der Waals surface area contributed by atoms with Crippen LogP contribution in [0.3, 0.4) is 0 Å². The van der Waals surface area contributed by atoms with Gasteiger partial charge in [-0.25, -0.2) is 0 Å². The van der Waals surface area contributed by atoms with Gasteiger partial charge in [-0.15, -0.1) is 0 Å². The van der Waals surface area contributed by atoms with E-state index >= 15 is 0 Å². The summed E-state index contributed by atoms with van der Waals surface area (Å²) in [6, 6.07) is 18.0. The normalized spacial score (nSPS) is 11.9. The minimum absolute atomic E-state index is 0.0645. The topological polar surface area (TPSA) is 29.1 Å². The second-order valence-electron chi connectivity index (χ2n) is 5.06. The Morgan fingerprint density at radius 1 is 1.05 bits per heavy atom. The van der Waals surface area contributed by atoms with Gasteiger partial charge in [0.15, 0.2) is 5.78 Å². The third kappa shape index (κ3) is 3.47. The Hall–Kier alpha value is -2.09. The van der Waals surface area contributed by atoms with Crippen molar-refractivity contribution in [2.75, 3.05) is 5.32 Å². The van der Waals surface area contributed by atoms with Crippen molar-refractivity contribution in [1.29, 1.82) is 0 Å². The van der Waals surface area contributed by atoms with E-state index in [1.54, 1.807) is 0 Å². The fourth-order valence-electron chi connectivity index (χ4n) is 2.10. The van der Waals surface area contributed by atoms with E-state index in [1.807, 2.05) is 56.3 Å². The molecule has 0 saturated heterocycles. The third-order valence-electron chi connectivity index (χ3n) is 3.58. The van der Waals surface area contributed by atoms with Gasteiger partial charge in [0.25, 0.3) is 0 Å². The quantitative estimate of drug-likeness (QED) is 0.779. The number of ketones is 1. The Balaban J connectivity index is 2.14. The van der Waals surface area contributed by atoms with E-state index in [1.165, 1.54) is 5.56 Å². The molecule has 0 fully saturated rings. The molecule has 20 heavy (non-hydrogen) atoms. The van der Waals surface area contributed by atoms with Gasteiger partial charge in [-0.1, -0.05) is 56.3 Å². The van der Waals surface area contributed by atoms with E-state index in [-0.39, 0.29) is 11.7 Å². The number of rotatable bonds is 6. The Kier molecular flexibility index (Phi) is 4.94. The highest BCUT2D eigenvalue weighted by molar-refractivity contribution is 6.02. The molecule has 0 aliphatic rings. The molecule has 0 heterocycles. The lowest BCUT2D eigenvalue weighted by molar-refractivity contribution is 0.0928. The molecule has 0 bridgehead atoms. The van der Waals surface area contributed by atoms with Crippen LogP contribution in [0.25, 0.3) is 0 Å². The molecule has 0 saturated carbocycles. The van der Waals surface area contributed by atoms with Gasteiger partial charge in [0.05, 0.1) is 0 Å². The standard InChI is InChI=1S/C18H21NO/c1-3-14(2)18(20)16-11-7-8-12-17(16)19-13-15-9-5-4-6-10-15/h4-12,14,19H,3,13H2,1-2H3. The minimum atomic E-state index is 0.0645. The first kappa shape index (κ1) is 14.3. The molecule has 2 nitrogen and oxygen atoms in total. The maximum absolute atomic E-state index is 12.4. The van der Waals surface area contributed by atoms with Crippen molar-refractivity contribution >= 4 is 11.5 Å². The predicted octanol–water partition coefficient (Wildman–Crippen LogP) is 4.53. The molecule has 1 atom stereocenters. The molecule has 1 unspecified atom stereocenters. The predicted molar refractivity (Wildman–Crippen MR) is 84.0 cm³/mol. The van der Waals surface area contributed by atoms with E-state index < -0.39 is 0 Å². The van der Waals surface area contributed by atoms with Crippen LogP contribution in [0.2, 0.25) is 0 Å². The maximum atomic E-state index is 12.4. The molecule has 0 amide bonds. The van der Waals surface area contributed by atoms with Crippen molar-refractivity contribution in [2.45, 2.75) is 26.8 Å². The first-order chi connectivity index (χ1) is 9.72. The molecule has 1 N–H and O–H groups in total. The lowest BCUT2D eigenvalue weighted by atomic mass is 9.96. The minimum Gasteiger partial charge on any atom is -0.380 e. The molecule has 2 aromatic rings. The fraction of sp³-hybridized carbons (Fsp3) is 0.278. The summed E-state index contributed by atoms with van der Waals surface area (Å²) in [6.45, 7) is 4.75. The smallest absolute Gasteiger partial charge is 0.167 e. The molecular weight excluding hydrogens is 246 g/mol. The lowest BCUT2D eigenvalue weighted by Gasteiger charge is -2.14. The second kappa shape index (κ2) is 6.90. The molecule has 2 rings (SSSR count). The number of Topliss-reactive ketones (excluding diaryl/α,β-unsaturated/α-hetero) is 1. The van der Waals surface area contributed by atoms with Crippen molar-refractivity contribution in [3.05, 3.63) is 65.7 Å². The molecule has 0 aliphatic carbocycles. The number of hydrogen-bond acceptors (Lipinski definition) is 2. The molecule has 0 spiro atoms. The largest absolute Gasteiger partial charge is 0.380 e. The van der Waals surface area contributed by atoms with Crippen molar-refractivity contribution in [2.24, 2.45) is 5.92 Å². The average molecular weight is 267 g/mol. The summed E-state index contributed by atoms with van der Waals surface area (Å²) in [5.74, 6) is 0.276. The zero-order valence-electron chi connectivity index (χ0n) is 12.1. The number of para-hydroxylation sites is 1. The number of nitrogens with one attached hydrogen (secondary N) is 1. The highest BCUT2D eigenvalue weighted by atomic mass is 16.1. The van der Waals surface area contributed by atoms with Crippen LogP contribution in [0.5, 0.6) is 0 Å². The summed E-state index contributed by atoms with van der Waals surface area (Å²) in [7, 11) is 0. The molecule has 2 aromatic carbocycles. The van der Waals surface area contributed by atoms with Gasteiger partial charge in [-0.2, -0.15) is 0 Å². The Bertz CT molecular complexity index is 563. The molecule has 0 aromatic heterocycles. The number of carbonyl (C=O) groups excluding carboxylic acids is 1. The van der Waals surface area contributed by atoms with Crippen LogP contribution in [0.4, 0.5) is 5.69 Å². The molecule has 104 valence electrons. The SMILES string of the molecule is CCC(C)C(=O)c1ccccc1NCc1ccccc1. The zero-order chi connectivity index (χ0) is 14.4. The summed E-state index contributed by atoms with van der Waals surface area (Å²) in [5.41, 5.74) is 2.91. The van der Waals surface area contributed by atoms with Crippen LogP contribution in [0, 0.1) is 5.92 Å². The maximum Gasteiger partial charge on any atom is 0.167 e. The molecule has 0 radical (unpaired) electrons. The Morgan fingerprint density at radius 2 is 1.70 bits per heavy atom. The summed E-state index contributed by atoms with van der Waals surface area (Å²) in [6.07, 6.45) is 0.867. The van der Waals surface area contributed by atoms with Gasteiger partial charge in [-0.3, -0.25) is 4.79 Å². The van der Waals surface area contributed by atoms with E-state index in [2.05, 4.69) is 17.4 Å². The van der Waals surface area contributed by atoms with E-state index in [0.29, 0.717) is 0 Å². The molecular formula is C18H21NO. The molecule has 2 heteroatoms. The summed E-state index contributed by atoms with van der Waals surface area (Å²) < 4.78 is 0. The van der Waals surface area contributed by atoms with Gasteiger partial charge in [0.2, 0.25) is 0 Å². The van der Waals surface area contributed by atoms with E-state index in [4.69, 9.17) is 0 Å². The van der Waals surface area contributed by atoms with Crippen molar-refractivity contribution < 1.29 is 4.79 Å². The first-order valence-electron chi connectivity index (χ1n) is 7.13. The zero-order valence-corrected chi connectivity index (χ0v) is 12.1. The van der Waals surface area contributed by atoms with Gasteiger partial charge >= 0.3 is 0 Å². The highest BCUT2D eigenvalue weighted by Gasteiger charge is 2.16. The average Bonchev–Trinajstić information content (AvgIpc) is 2.52. The van der Waals surface area contributed by atoms with Crippen LogP contribution in [0.1, 0.15) is 36.2 Å². The van der Waals surface area contributed by atoms with Gasteiger partial charge in [0.1, 0.15) is 0 Å². The van der Waals surface area contributed by atoms with Crippen LogP contribution in [0.15, 0.2) is 54.6 Å². The van der Waals surface area contributed by atoms with Crippen molar-refractivity contribution in [1.82, 2.24) is 0 Å². The Labute approximate surface area is 120 Å². The summed E-state index contributed by atoms with van der Waals surface area (Å²) in [5, 5.41) is 3.37. The number of anilines is 1. The Morgan fingerprint density at radius 3 is 2.40 bits per heavy atom. The molecule has 0 aliphatic heterocycles. The van der Waals surface area contributed by atoms with Gasteiger partial charge in [0, 0.05) is 23.7 Å². The first-order valence-corrected chi connectivity index (χ1v) is 7.13. The number of carbonyl (C=O) groups is 1. The third-order valence-corrected chi connectivity index (χ3v) is 3.58. The van der Waals surface area contributed by atoms with Crippen molar-refractivity contribution in [3.8, 4) is 0 Å². The van der Waals surface area contributed by atoms with Crippen LogP contribution in [-0.4, -0.2) is 5.78 Å². The summed E-state index contributed by atoms with van der Waals surface area (Å²) in [4.78, 5) is 12.4. The van der Waals surface area contributed by atoms with Gasteiger partial charge in [-0.05, 0) is 24.1 Å². The monoisotopic (exact) mass is 267 g/mol. The number of benzene rings is 2. The second-order valence-corrected chi connectivity index (χ2v) is 5.06. The van der Waals surface area contributed by atoms with Crippen LogP contribution in [-0.2, 0) is 6.54 Å². The number of hydrogen-bond donors (Lipinski definition) is 1. The lowest BCUT2D eigenvalue weighted by Crippen LogP contribution is -2.13. The van der Waals surface area contributed by atoms with Crippen LogP contribution < -0.4 is 5.32 Å². The highest BCUT2D eigenvalue weighted by Crippen LogP contribution is 2.21. The van der Waals surface area contributed by atoms with E-state index in [9.17, 15) is 4.79 Å². The van der Waals surface area contributed by atoms with Gasteiger partial charge < -0.3 is 5.32 Å². The van der Waals surface area contributed by atoms with Crippen molar-refractivity contribution in [3.63, 3.8) is 0 Å². The van der Waals surface area contributed by atoms with Crippen LogP contribution >= 0.6 is 0 Å². The summed E-state index contributed by atoms with van der Waals surface area (Å²) >= 11 is 0. The fourth-order valence-corrected chi connectivity index (χ4v) is 2.10. The van der Waals surface area contributed by atoms with E-state index in [0.717, 1.165) is 24.2 Å².